The van der Waals surface area contributed by atoms with E-state index in [0.29, 0.717) is 5.92 Å². The second kappa shape index (κ2) is 6.58. The summed E-state index contributed by atoms with van der Waals surface area (Å²) in [7, 11) is 1.67. The Kier molecular flexibility index (Phi) is 5.40. The van der Waals surface area contributed by atoms with Crippen LogP contribution in [-0.2, 0) is 4.79 Å². The first-order valence-electron chi connectivity index (χ1n) is 6.32. The smallest absolute Gasteiger partial charge is 0.328 e. The number of carbonyl (C=O) groups excluding carboxylic acids is 1. The van der Waals surface area contributed by atoms with Gasteiger partial charge in [0.25, 0.3) is 0 Å². The van der Waals surface area contributed by atoms with E-state index in [1.54, 1.807) is 11.9 Å². The number of hydrogen-bond acceptors (Lipinski definition) is 3. The van der Waals surface area contributed by atoms with E-state index in [-0.39, 0.29) is 6.04 Å². The third-order valence-electron chi connectivity index (χ3n) is 3.56. The number of aliphatic carboxylic acids is 1. The molecule has 1 aliphatic rings. The molecule has 0 aromatic carbocycles. The number of aliphatic hydroxyl groups is 1. The van der Waals surface area contributed by atoms with Gasteiger partial charge in [0.1, 0.15) is 0 Å². The van der Waals surface area contributed by atoms with E-state index < -0.39 is 24.6 Å². The Hall–Kier alpha value is -1.30. The van der Waals surface area contributed by atoms with E-state index in [9.17, 15) is 9.59 Å². The Bertz CT molecular complexity index is 308. The van der Waals surface area contributed by atoms with Crippen molar-refractivity contribution in [2.24, 2.45) is 5.92 Å². The van der Waals surface area contributed by atoms with Gasteiger partial charge in [-0.05, 0) is 18.8 Å². The van der Waals surface area contributed by atoms with Crippen LogP contribution in [0.2, 0.25) is 0 Å². The molecule has 1 fully saturated rings. The Morgan fingerprint density at radius 2 is 2.11 bits per heavy atom. The molecule has 1 rings (SSSR count). The summed E-state index contributed by atoms with van der Waals surface area (Å²) in [6, 6.07) is -1.52. The minimum absolute atomic E-state index is 0.155. The molecular formula is C12H22N2O4. The fraction of sp³-hybridized carbons (Fsp3) is 0.833. The highest BCUT2D eigenvalue weighted by molar-refractivity contribution is 5.82. The van der Waals surface area contributed by atoms with Gasteiger partial charge in [0.2, 0.25) is 0 Å². The number of urea groups is 1. The van der Waals surface area contributed by atoms with Gasteiger partial charge in [-0.2, -0.15) is 0 Å². The zero-order chi connectivity index (χ0) is 13.7. The SMILES string of the molecule is CC1CCCC(N(C)C(=O)NC(CO)C(=O)O)C1. The first-order chi connectivity index (χ1) is 8.45. The predicted molar refractivity (Wildman–Crippen MR) is 66.2 cm³/mol. The molecule has 104 valence electrons. The third-order valence-corrected chi connectivity index (χ3v) is 3.56. The summed E-state index contributed by atoms with van der Waals surface area (Å²) < 4.78 is 0. The molecule has 3 N–H and O–H groups in total. The van der Waals surface area contributed by atoms with Crippen LogP contribution in [0.5, 0.6) is 0 Å². The maximum Gasteiger partial charge on any atom is 0.328 e. The van der Waals surface area contributed by atoms with Gasteiger partial charge in [-0.3, -0.25) is 0 Å². The van der Waals surface area contributed by atoms with Crippen LogP contribution in [0.3, 0.4) is 0 Å². The first-order valence-corrected chi connectivity index (χ1v) is 6.32. The van der Waals surface area contributed by atoms with Crippen LogP contribution in [0.25, 0.3) is 0 Å². The summed E-state index contributed by atoms with van der Waals surface area (Å²) in [4.78, 5) is 24.1. The van der Waals surface area contributed by atoms with Gasteiger partial charge in [0.05, 0.1) is 6.61 Å². The van der Waals surface area contributed by atoms with E-state index >= 15 is 0 Å². The molecule has 1 aliphatic carbocycles. The van der Waals surface area contributed by atoms with Crippen molar-refractivity contribution in [3.63, 3.8) is 0 Å². The van der Waals surface area contributed by atoms with E-state index in [4.69, 9.17) is 10.2 Å². The Morgan fingerprint density at radius 3 is 2.61 bits per heavy atom. The van der Waals surface area contributed by atoms with Gasteiger partial charge in [-0.1, -0.05) is 19.8 Å². The molecule has 6 nitrogen and oxygen atoms in total. The van der Waals surface area contributed by atoms with Crippen molar-refractivity contribution in [1.82, 2.24) is 10.2 Å². The van der Waals surface area contributed by atoms with Crippen LogP contribution in [0, 0.1) is 5.92 Å². The van der Waals surface area contributed by atoms with Crippen LogP contribution in [0.4, 0.5) is 4.79 Å². The molecule has 0 saturated heterocycles. The second-order valence-electron chi connectivity index (χ2n) is 5.06. The van der Waals surface area contributed by atoms with Crippen molar-refractivity contribution < 1.29 is 19.8 Å². The highest BCUT2D eigenvalue weighted by Gasteiger charge is 2.27. The minimum atomic E-state index is -1.24. The molecule has 2 amide bonds. The van der Waals surface area contributed by atoms with Gasteiger partial charge in [-0.25, -0.2) is 9.59 Å². The fourth-order valence-electron chi connectivity index (χ4n) is 2.36. The fourth-order valence-corrected chi connectivity index (χ4v) is 2.36. The maximum absolute atomic E-state index is 11.9. The lowest BCUT2D eigenvalue weighted by molar-refractivity contribution is -0.140. The molecule has 1 saturated carbocycles. The summed E-state index contributed by atoms with van der Waals surface area (Å²) in [5, 5.41) is 19.9. The molecule has 0 aromatic heterocycles. The van der Waals surface area contributed by atoms with Gasteiger partial charge in [-0.15, -0.1) is 0 Å². The molecule has 3 unspecified atom stereocenters. The number of carboxylic acid groups (broad SMARTS) is 1. The van der Waals surface area contributed by atoms with Crippen molar-refractivity contribution in [3.05, 3.63) is 0 Å². The zero-order valence-electron chi connectivity index (χ0n) is 10.9. The summed E-state index contributed by atoms with van der Waals surface area (Å²) in [6.07, 6.45) is 4.16. The standard InChI is InChI=1S/C12H22N2O4/c1-8-4-3-5-9(6-8)14(2)12(18)13-10(7-15)11(16)17/h8-10,15H,3-7H2,1-2H3,(H,13,18)(H,16,17). The number of rotatable bonds is 4. The number of nitrogens with one attached hydrogen (secondary N) is 1. The Balaban J connectivity index is 2.52. The van der Waals surface area contributed by atoms with E-state index in [0.717, 1.165) is 19.3 Å². The number of aliphatic hydroxyl groups excluding tert-OH is 1. The lowest BCUT2D eigenvalue weighted by Crippen LogP contribution is -2.51. The summed E-state index contributed by atoms with van der Waals surface area (Å²) in [6.45, 7) is 1.56. The summed E-state index contributed by atoms with van der Waals surface area (Å²) in [5.74, 6) is -0.636. The van der Waals surface area contributed by atoms with Crippen molar-refractivity contribution >= 4 is 12.0 Å². The highest BCUT2D eigenvalue weighted by atomic mass is 16.4. The van der Waals surface area contributed by atoms with E-state index in [1.807, 2.05) is 0 Å². The second-order valence-corrected chi connectivity index (χ2v) is 5.06. The molecular weight excluding hydrogens is 236 g/mol. The van der Waals surface area contributed by atoms with Crippen LogP contribution in [-0.4, -0.2) is 52.9 Å². The molecule has 0 heterocycles. The normalized spacial score (nSPS) is 25.3. The van der Waals surface area contributed by atoms with Crippen LogP contribution >= 0.6 is 0 Å². The lowest BCUT2D eigenvalue weighted by atomic mass is 9.86. The Morgan fingerprint density at radius 1 is 1.44 bits per heavy atom. The van der Waals surface area contributed by atoms with Crippen LogP contribution in [0.1, 0.15) is 32.6 Å². The van der Waals surface area contributed by atoms with Crippen molar-refractivity contribution in [2.75, 3.05) is 13.7 Å². The number of carbonyl (C=O) groups is 2. The van der Waals surface area contributed by atoms with E-state index in [2.05, 4.69) is 12.2 Å². The van der Waals surface area contributed by atoms with Crippen molar-refractivity contribution in [2.45, 2.75) is 44.7 Å². The molecule has 0 radical (unpaired) electrons. The van der Waals surface area contributed by atoms with Crippen molar-refractivity contribution in [1.29, 1.82) is 0 Å². The number of carboxylic acids is 1. The maximum atomic E-state index is 11.9. The molecule has 0 aliphatic heterocycles. The zero-order valence-corrected chi connectivity index (χ0v) is 10.9. The van der Waals surface area contributed by atoms with Gasteiger partial charge in [0, 0.05) is 13.1 Å². The molecule has 6 heteroatoms. The van der Waals surface area contributed by atoms with E-state index in [1.165, 1.54) is 6.42 Å². The largest absolute Gasteiger partial charge is 0.480 e. The van der Waals surface area contributed by atoms with Gasteiger partial charge < -0.3 is 20.4 Å². The monoisotopic (exact) mass is 258 g/mol. The quantitative estimate of drug-likeness (QED) is 0.690. The van der Waals surface area contributed by atoms with Gasteiger partial charge >= 0.3 is 12.0 Å². The molecule has 18 heavy (non-hydrogen) atoms. The average molecular weight is 258 g/mol. The average Bonchev–Trinajstić information content (AvgIpc) is 2.34. The minimum Gasteiger partial charge on any atom is -0.480 e. The first kappa shape index (κ1) is 14.8. The topological polar surface area (TPSA) is 89.9 Å². The molecule has 0 bridgehead atoms. The number of nitrogens with zero attached hydrogens (tertiary/aromatic N) is 1. The third kappa shape index (κ3) is 3.87. The predicted octanol–water partition coefficient (Wildman–Crippen LogP) is 0.652. The number of amides is 2. The summed E-state index contributed by atoms with van der Waals surface area (Å²) >= 11 is 0. The van der Waals surface area contributed by atoms with Crippen molar-refractivity contribution in [3.8, 4) is 0 Å². The lowest BCUT2D eigenvalue weighted by Gasteiger charge is -2.34. The molecule has 3 atom stereocenters. The van der Waals surface area contributed by atoms with Crippen LogP contribution in [0.15, 0.2) is 0 Å². The van der Waals surface area contributed by atoms with Gasteiger partial charge in [0.15, 0.2) is 6.04 Å². The van der Waals surface area contributed by atoms with Crippen LogP contribution < -0.4 is 5.32 Å². The molecule has 0 spiro atoms. The highest BCUT2D eigenvalue weighted by Crippen LogP contribution is 2.26. The molecule has 0 aromatic rings. The summed E-state index contributed by atoms with van der Waals surface area (Å²) in [5.41, 5.74) is 0. The number of hydrogen-bond donors (Lipinski definition) is 3. The Labute approximate surface area is 107 Å².